The average Bonchev–Trinajstić information content (AvgIpc) is 2.85. The monoisotopic (exact) mass is 574 g/mol. The molecule has 0 aliphatic carbocycles. The van der Waals surface area contributed by atoms with Gasteiger partial charge in [0.2, 0.25) is 9.84 Å². The third kappa shape index (κ3) is 7.79. The molecule has 0 radical (unpaired) electrons. The lowest BCUT2D eigenvalue weighted by molar-refractivity contribution is -0.160. The van der Waals surface area contributed by atoms with Crippen LogP contribution in [0, 0.1) is 0 Å². The van der Waals surface area contributed by atoms with Gasteiger partial charge in [0.25, 0.3) is 0 Å². The van der Waals surface area contributed by atoms with E-state index in [-0.39, 0.29) is 27.6 Å². The van der Waals surface area contributed by atoms with Crippen molar-refractivity contribution in [3.63, 3.8) is 0 Å². The number of anilines is 1. The van der Waals surface area contributed by atoms with Crippen molar-refractivity contribution in [1.82, 2.24) is 5.32 Å². The SMILES string of the molecule is CC(C)(C)OC(=O)C(NCCc1ccc(S(=O)(=O)c2ccc(N)c(C(=O)O)c2)cc1)[C@H](O)c1cccc(Cl)c1. The minimum atomic E-state index is -3.98. The Morgan fingerprint density at radius 2 is 1.67 bits per heavy atom. The summed E-state index contributed by atoms with van der Waals surface area (Å²) in [4.78, 5) is 24.0. The molecule has 0 fully saturated rings. The summed E-state index contributed by atoms with van der Waals surface area (Å²) in [6.45, 7) is 5.47. The molecule has 0 spiro atoms. The van der Waals surface area contributed by atoms with Gasteiger partial charge in [-0.15, -0.1) is 0 Å². The second kappa shape index (κ2) is 12.2. The van der Waals surface area contributed by atoms with Gasteiger partial charge >= 0.3 is 11.9 Å². The number of esters is 1. The Hall–Kier alpha value is -3.44. The summed E-state index contributed by atoms with van der Waals surface area (Å²) < 4.78 is 31.5. The Bertz CT molecular complexity index is 1450. The van der Waals surface area contributed by atoms with E-state index >= 15 is 0 Å². The fourth-order valence-electron chi connectivity index (χ4n) is 3.80. The van der Waals surface area contributed by atoms with Crippen LogP contribution < -0.4 is 11.1 Å². The van der Waals surface area contributed by atoms with Crippen molar-refractivity contribution in [3.8, 4) is 0 Å². The van der Waals surface area contributed by atoms with Gasteiger partial charge in [0.05, 0.1) is 15.4 Å². The van der Waals surface area contributed by atoms with Crippen LogP contribution in [0.5, 0.6) is 0 Å². The lowest BCUT2D eigenvalue weighted by Gasteiger charge is -2.27. The van der Waals surface area contributed by atoms with Gasteiger partial charge in [-0.2, -0.15) is 0 Å². The number of nitrogens with two attached hydrogens (primary N) is 1. The normalized spacial score (nSPS) is 13.5. The number of aliphatic hydroxyl groups excluding tert-OH is 1. The molecule has 0 aliphatic rings. The molecule has 3 aromatic carbocycles. The molecule has 0 saturated carbocycles. The highest BCUT2D eigenvalue weighted by atomic mass is 35.5. The fourth-order valence-corrected chi connectivity index (χ4v) is 5.29. The number of carboxylic acid groups (broad SMARTS) is 1. The van der Waals surface area contributed by atoms with Crippen LogP contribution in [0.3, 0.4) is 0 Å². The third-order valence-electron chi connectivity index (χ3n) is 5.74. The lowest BCUT2D eigenvalue weighted by atomic mass is 10.0. The highest BCUT2D eigenvalue weighted by Crippen LogP contribution is 2.26. The van der Waals surface area contributed by atoms with Gasteiger partial charge in [0.1, 0.15) is 17.7 Å². The van der Waals surface area contributed by atoms with Gasteiger partial charge < -0.3 is 26.0 Å². The van der Waals surface area contributed by atoms with Crippen LogP contribution in [0.4, 0.5) is 5.69 Å². The summed E-state index contributed by atoms with van der Waals surface area (Å²) in [5.41, 5.74) is 5.77. The molecule has 0 aliphatic heterocycles. The van der Waals surface area contributed by atoms with Gasteiger partial charge in [-0.25, -0.2) is 13.2 Å². The van der Waals surface area contributed by atoms with Crippen molar-refractivity contribution in [2.45, 2.75) is 54.7 Å². The number of rotatable bonds is 10. The Morgan fingerprint density at radius 3 is 2.26 bits per heavy atom. The van der Waals surface area contributed by atoms with E-state index in [2.05, 4.69) is 5.32 Å². The van der Waals surface area contributed by atoms with Crippen molar-refractivity contribution in [1.29, 1.82) is 0 Å². The minimum Gasteiger partial charge on any atom is -0.478 e. The van der Waals surface area contributed by atoms with Gasteiger partial charge in [0.15, 0.2) is 0 Å². The number of nitrogens with one attached hydrogen (secondary N) is 1. The van der Waals surface area contributed by atoms with E-state index in [4.69, 9.17) is 22.1 Å². The topological polar surface area (TPSA) is 156 Å². The van der Waals surface area contributed by atoms with Crippen molar-refractivity contribution in [3.05, 3.63) is 88.4 Å². The maximum Gasteiger partial charge on any atom is 0.337 e. The summed E-state index contributed by atoms with van der Waals surface area (Å²) in [7, 11) is -3.98. The van der Waals surface area contributed by atoms with E-state index < -0.39 is 39.5 Å². The molecular formula is C28H31ClN2O7S. The zero-order valence-electron chi connectivity index (χ0n) is 21.7. The van der Waals surface area contributed by atoms with E-state index in [1.807, 2.05) is 0 Å². The zero-order chi connectivity index (χ0) is 29.0. The number of sulfone groups is 1. The number of carbonyl (C=O) groups excluding carboxylic acids is 1. The summed E-state index contributed by atoms with van der Waals surface area (Å²) in [5, 5.41) is 23.7. The molecule has 5 N–H and O–H groups in total. The number of halogens is 1. The molecule has 2 atom stereocenters. The zero-order valence-corrected chi connectivity index (χ0v) is 23.3. The number of hydrogen-bond acceptors (Lipinski definition) is 8. The molecule has 0 amide bonds. The first kappa shape index (κ1) is 30.1. The first-order chi connectivity index (χ1) is 18.2. The molecule has 3 rings (SSSR count). The van der Waals surface area contributed by atoms with E-state index in [1.165, 1.54) is 24.3 Å². The van der Waals surface area contributed by atoms with Crippen LogP contribution in [0.15, 0.2) is 76.5 Å². The molecule has 208 valence electrons. The summed E-state index contributed by atoms with van der Waals surface area (Å²) in [6.07, 6.45) is -0.811. The lowest BCUT2D eigenvalue weighted by Crippen LogP contribution is -2.46. The van der Waals surface area contributed by atoms with Crippen molar-refractivity contribution in [2.24, 2.45) is 0 Å². The van der Waals surface area contributed by atoms with Gasteiger partial charge in [0, 0.05) is 17.3 Å². The highest BCUT2D eigenvalue weighted by Gasteiger charge is 2.32. The molecule has 11 heteroatoms. The Kier molecular flexibility index (Phi) is 9.39. The van der Waals surface area contributed by atoms with Crippen LogP contribution in [0.2, 0.25) is 5.02 Å². The predicted octanol–water partition coefficient (Wildman–Crippen LogP) is 4.03. The number of carbonyl (C=O) groups is 2. The number of hydrogen-bond donors (Lipinski definition) is 4. The molecule has 9 nitrogen and oxygen atoms in total. The minimum absolute atomic E-state index is 0.0108. The Labute approximate surface area is 232 Å². The molecule has 39 heavy (non-hydrogen) atoms. The number of aliphatic hydroxyl groups is 1. The van der Waals surface area contributed by atoms with E-state index in [1.54, 1.807) is 57.2 Å². The standard InChI is InChI=1S/C28H31ClN2O7S/c1-28(2,3)38-27(35)24(25(32)18-5-4-6-19(29)15-18)31-14-13-17-7-9-20(10-8-17)39(36,37)21-11-12-23(30)22(16-21)26(33)34/h4-12,15-16,24-25,31-32H,13-14,30H2,1-3H3,(H,33,34)/t24?,25-/m1/s1. The fraction of sp³-hybridized carbons (Fsp3) is 0.286. The number of benzene rings is 3. The molecule has 0 aromatic heterocycles. The molecular weight excluding hydrogens is 544 g/mol. The highest BCUT2D eigenvalue weighted by molar-refractivity contribution is 7.91. The largest absolute Gasteiger partial charge is 0.478 e. The first-order valence-electron chi connectivity index (χ1n) is 12.1. The van der Waals surface area contributed by atoms with Gasteiger partial charge in [-0.3, -0.25) is 4.79 Å². The molecule has 1 unspecified atom stereocenters. The van der Waals surface area contributed by atoms with E-state index in [9.17, 15) is 28.2 Å². The Morgan fingerprint density at radius 1 is 1.03 bits per heavy atom. The summed E-state index contributed by atoms with van der Waals surface area (Å²) in [6, 6.07) is 15.1. The predicted molar refractivity (Wildman–Crippen MR) is 147 cm³/mol. The second-order valence-corrected chi connectivity index (χ2v) is 12.3. The molecule has 3 aromatic rings. The van der Waals surface area contributed by atoms with Crippen LogP contribution >= 0.6 is 11.6 Å². The van der Waals surface area contributed by atoms with E-state index in [0.29, 0.717) is 17.0 Å². The number of aromatic carboxylic acids is 1. The van der Waals surface area contributed by atoms with Crippen molar-refractivity contribution in [2.75, 3.05) is 12.3 Å². The third-order valence-corrected chi connectivity index (χ3v) is 7.75. The quantitative estimate of drug-likeness (QED) is 0.207. The smallest absolute Gasteiger partial charge is 0.337 e. The Balaban J connectivity index is 1.73. The molecule has 0 saturated heterocycles. The molecule has 0 heterocycles. The summed E-state index contributed by atoms with van der Waals surface area (Å²) >= 11 is 6.05. The van der Waals surface area contributed by atoms with Crippen LogP contribution in [0.1, 0.15) is 48.4 Å². The number of carboxylic acids is 1. The van der Waals surface area contributed by atoms with Crippen molar-refractivity contribution < 1.29 is 33.0 Å². The number of ether oxygens (including phenoxy) is 1. The maximum absolute atomic E-state index is 13.0. The van der Waals surface area contributed by atoms with Crippen LogP contribution in [-0.2, 0) is 25.8 Å². The second-order valence-electron chi connectivity index (χ2n) is 9.92. The van der Waals surface area contributed by atoms with E-state index in [0.717, 1.165) is 11.6 Å². The average molecular weight is 575 g/mol. The van der Waals surface area contributed by atoms with Crippen molar-refractivity contribution >= 4 is 39.1 Å². The van der Waals surface area contributed by atoms with Crippen LogP contribution in [0.25, 0.3) is 0 Å². The van der Waals surface area contributed by atoms with Gasteiger partial charge in [-0.05, 0) is 80.8 Å². The van der Waals surface area contributed by atoms with Crippen LogP contribution in [-0.4, -0.2) is 48.8 Å². The molecule has 0 bridgehead atoms. The maximum atomic E-state index is 13.0. The summed E-state index contributed by atoms with van der Waals surface area (Å²) in [5.74, 6) is -1.95. The number of nitrogen functional groups attached to an aromatic ring is 1. The first-order valence-corrected chi connectivity index (χ1v) is 13.9. The van der Waals surface area contributed by atoms with Gasteiger partial charge in [-0.1, -0.05) is 35.9 Å².